The molecule has 0 radical (unpaired) electrons. The zero-order valence-corrected chi connectivity index (χ0v) is 12.6. The van der Waals surface area contributed by atoms with Crippen molar-refractivity contribution in [2.75, 3.05) is 19.5 Å². The molecule has 0 bridgehead atoms. The van der Waals surface area contributed by atoms with Crippen molar-refractivity contribution < 1.29 is 9.53 Å². The second-order valence-electron chi connectivity index (χ2n) is 5.15. The predicted molar refractivity (Wildman–Crippen MR) is 83.1 cm³/mol. The Morgan fingerprint density at radius 3 is 2.82 bits per heavy atom. The highest BCUT2D eigenvalue weighted by Gasteiger charge is 2.25. The minimum absolute atomic E-state index is 0.185. The van der Waals surface area contributed by atoms with E-state index >= 15 is 0 Å². The smallest absolute Gasteiger partial charge is 0.271 e. The van der Waals surface area contributed by atoms with Crippen LogP contribution in [0.3, 0.4) is 0 Å². The summed E-state index contributed by atoms with van der Waals surface area (Å²) in [4.78, 5) is 11.5. The number of hydrogen-bond donors (Lipinski definition) is 2. The first-order valence-corrected chi connectivity index (χ1v) is 7.21. The number of carbonyl (C=O) groups excluding carboxylic acids is 1. The van der Waals surface area contributed by atoms with Gasteiger partial charge in [0.05, 0.1) is 13.2 Å². The van der Waals surface area contributed by atoms with Crippen LogP contribution < -0.4 is 15.4 Å². The molecule has 1 unspecified atom stereocenters. The molecule has 2 N–H and O–H groups in total. The lowest BCUT2D eigenvalue weighted by molar-refractivity contribution is 0.0957. The first-order valence-electron chi connectivity index (χ1n) is 7.21. The zero-order valence-electron chi connectivity index (χ0n) is 12.6. The number of anilines is 1. The Hall–Kier alpha value is -2.63. The summed E-state index contributed by atoms with van der Waals surface area (Å²) in [6.45, 7) is 0. The average Bonchev–Trinajstić information content (AvgIpc) is 2.98. The summed E-state index contributed by atoms with van der Waals surface area (Å²) in [6.07, 6.45) is 1.95. The van der Waals surface area contributed by atoms with Crippen LogP contribution in [0.5, 0.6) is 5.75 Å². The van der Waals surface area contributed by atoms with E-state index < -0.39 is 0 Å². The molecule has 1 aromatic carbocycles. The average molecular weight is 298 g/mol. The number of carbonyl (C=O) groups is 1. The lowest BCUT2D eigenvalue weighted by Gasteiger charge is -2.15. The summed E-state index contributed by atoms with van der Waals surface area (Å²) in [5.74, 6) is 1.35. The van der Waals surface area contributed by atoms with Crippen LogP contribution in [-0.4, -0.2) is 30.3 Å². The molecule has 114 valence electrons. The molecule has 1 amide bonds. The van der Waals surface area contributed by atoms with Gasteiger partial charge in [-0.3, -0.25) is 4.79 Å². The molecule has 6 nitrogen and oxygen atoms in total. The van der Waals surface area contributed by atoms with Gasteiger partial charge in [-0.1, -0.05) is 12.1 Å². The molecule has 2 aromatic rings. The zero-order chi connectivity index (χ0) is 15.5. The summed E-state index contributed by atoms with van der Waals surface area (Å²) >= 11 is 0. The summed E-state index contributed by atoms with van der Waals surface area (Å²) in [7, 11) is 3.26. The Labute approximate surface area is 128 Å². The van der Waals surface area contributed by atoms with E-state index in [0.29, 0.717) is 11.5 Å². The van der Waals surface area contributed by atoms with Crippen LogP contribution in [-0.2, 0) is 6.42 Å². The van der Waals surface area contributed by atoms with Crippen molar-refractivity contribution in [2.45, 2.75) is 18.9 Å². The molecule has 1 aromatic heterocycles. The fourth-order valence-electron chi connectivity index (χ4n) is 2.80. The minimum atomic E-state index is -0.241. The number of fused-ring (bicyclic) bond motifs is 1. The number of aromatic nitrogens is 2. The van der Waals surface area contributed by atoms with Gasteiger partial charge in [0.25, 0.3) is 5.91 Å². The Balaban J connectivity index is 1.77. The molecule has 0 aliphatic heterocycles. The number of ether oxygens (including phenoxy) is 1. The van der Waals surface area contributed by atoms with E-state index in [0.717, 1.165) is 18.6 Å². The highest BCUT2D eigenvalue weighted by atomic mass is 16.5. The van der Waals surface area contributed by atoms with Crippen molar-refractivity contribution in [2.24, 2.45) is 0 Å². The standard InChI is InChI=1S/C16H18N4O2/c1-17-16(21)13-8-9-15(20-19-13)18-12-7-6-11-10(12)4-3-5-14(11)22-2/h3-5,8-9,12H,6-7H2,1-2H3,(H,17,21)(H,18,20). The van der Waals surface area contributed by atoms with Gasteiger partial charge in [-0.2, -0.15) is 0 Å². The second-order valence-corrected chi connectivity index (χ2v) is 5.15. The number of rotatable bonds is 4. The molecule has 1 aliphatic carbocycles. The summed E-state index contributed by atoms with van der Waals surface area (Å²) in [6, 6.07) is 9.71. The van der Waals surface area contributed by atoms with E-state index in [1.165, 1.54) is 11.1 Å². The maximum Gasteiger partial charge on any atom is 0.271 e. The van der Waals surface area contributed by atoms with Crippen LogP contribution >= 0.6 is 0 Å². The van der Waals surface area contributed by atoms with E-state index in [1.807, 2.05) is 12.1 Å². The van der Waals surface area contributed by atoms with E-state index in [-0.39, 0.29) is 11.9 Å². The Morgan fingerprint density at radius 1 is 1.27 bits per heavy atom. The quantitative estimate of drug-likeness (QED) is 0.902. The summed E-state index contributed by atoms with van der Waals surface area (Å²) in [5.41, 5.74) is 2.79. The number of amides is 1. The lowest BCUT2D eigenvalue weighted by Crippen LogP contribution is -2.20. The maximum atomic E-state index is 11.5. The monoisotopic (exact) mass is 298 g/mol. The predicted octanol–water partition coefficient (Wildman–Crippen LogP) is 1.94. The molecule has 0 saturated heterocycles. The Morgan fingerprint density at radius 2 is 2.14 bits per heavy atom. The van der Waals surface area contributed by atoms with E-state index in [9.17, 15) is 4.79 Å². The molecular formula is C16H18N4O2. The van der Waals surface area contributed by atoms with Gasteiger partial charge in [-0.25, -0.2) is 0 Å². The molecule has 0 spiro atoms. The van der Waals surface area contributed by atoms with Gasteiger partial charge in [-0.05, 0) is 42.2 Å². The van der Waals surface area contributed by atoms with E-state index in [4.69, 9.17) is 4.74 Å². The van der Waals surface area contributed by atoms with Gasteiger partial charge < -0.3 is 15.4 Å². The summed E-state index contributed by atoms with van der Waals surface area (Å²) in [5, 5.41) is 13.9. The van der Waals surface area contributed by atoms with Crippen molar-refractivity contribution in [3.05, 3.63) is 47.2 Å². The third-order valence-corrected chi connectivity index (χ3v) is 3.89. The highest BCUT2D eigenvalue weighted by Crippen LogP contribution is 2.38. The normalized spacial score (nSPS) is 16.0. The fourth-order valence-corrected chi connectivity index (χ4v) is 2.80. The molecule has 1 atom stereocenters. The molecule has 1 aliphatic rings. The Bertz CT molecular complexity index is 685. The number of benzene rings is 1. The molecule has 1 heterocycles. The van der Waals surface area contributed by atoms with Crippen LogP contribution in [0, 0.1) is 0 Å². The van der Waals surface area contributed by atoms with Crippen molar-refractivity contribution in [3.8, 4) is 5.75 Å². The third-order valence-electron chi connectivity index (χ3n) is 3.89. The minimum Gasteiger partial charge on any atom is -0.496 e. The van der Waals surface area contributed by atoms with Crippen molar-refractivity contribution in [1.82, 2.24) is 15.5 Å². The van der Waals surface area contributed by atoms with Gasteiger partial charge in [0, 0.05) is 7.05 Å². The summed E-state index contributed by atoms with van der Waals surface area (Å²) < 4.78 is 5.41. The van der Waals surface area contributed by atoms with E-state index in [2.05, 4.69) is 26.9 Å². The van der Waals surface area contributed by atoms with Crippen LogP contribution in [0.25, 0.3) is 0 Å². The molecular weight excluding hydrogens is 280 g/mol. The topological polar surface area (TPSA) is 76.1 Å². The number of methoxy groups -OCH3 is 1. The van der Waals surface area contributed by atoms with Gasteiger partial charge in [0.2, 0.25) is 0 Å². The number of nitrogens with zero attached hydrogens (tertiary/aromatic N) is 2. The van der Waals surface area contributed by atoms with Crippen LogP contribution in [0.4, 0.5) is 5.82 Å². The van der Waals surface area contributed by atoms with Crippen LogP contribution in [0.15, 0.2) is 30.3 Å². The first kappa shape index (κ1) is 14.3. The number of nitrogens with one attached hydrogen (secondary N) is 2. The third kappa shape index (κ3) is 2.59. The maximum absolute atomic E-state index is 11.5. The second kappa shape index (κ2) is 6.01. The molecule has 0 fully saturated rings. The van der Waals surface area contributed by atoms with E-state index in [1.54, 1.807) is 26.3 Å². The van der Waals surface area contributed by atoms with Gasteiger partial charge in [0.1, 0.15) is 11.6 Å². The van der Waals surface area contributed by atoms with Crippen LogP contribution in [0.1, 0.15) is 34.1 Å². The highest BCUT2D eigenvalue weighted by molar-refractivity contribution is 5.91. The van der Waals surface area contributed by atoms with Crippen molar-refractivity contribution >= 4 is 11.7 Å². The van der Waals surface area contributed by atoms with Gasteiger partial charge in [-0.15, -0.1) is 10.2 Å². The molecule has 22 heavy (non-hydrogen) atoms. The van der Waals surface area contributed by atoms with Crippen molar-refractivity contribution in [1.29, 1.82) is 0 Å². The van der Waals surface area contributed by atoms with Gasteiger partial charge in [0.15, 0.2) is 5.69 Å². The van der Waals surface area contributed by atoms with Crippen LogP contribution in [0.2, 0.25) is 0 Å². The Kier molecular flexibility index (Phi) is 3.91. The lowest BCUT2D eigenvalue weighted by atomic mass is 10.1. The molecule has 0 saturated carbocycles. The molecule has 3 rings (SSSR count). The molecule has 6 heteroatoms. The largest absolute Gasteiger partial charge is 0.496 e. The first-order chi connectivity index (χ1) is 10.7. The fraction of sp³-hybridized carbons (Fsp3) is 0.312. The van der Waals surface area contributed by atoms with Gasteiger partial charge >= 0.3 is 0 Å². The van der Waals surface area contributed by atoms with Crippen molar-refractivity contribution in [3.63, 3.8) is 0 Å². The SMILES string of the molecule is CNC(=O)c1ccc(NC2CCc3c(OC)cccc32)nn1. The number of hydrogen-bond acceptors (Lipinski definition) is 5.